The van der Waals surface area contributed by atoms with Crippen LogP contribution in [0.3, 0.4) is 0 Å². The van der Waals surface area contributed by atoms with E-state index in [4.69, 9.17) is 0 Å². The summed E-state index contributed by atoms with van der Waals surface area (Å²) in [7, 11) is -3.25. The Bertz CT molecular complexity index is 1040. The van der Waals surface area contributed by atoms with E-state index in [-0.39, 0.29) is 28.8 Å². The van der Waals surface area contributed by atoms with Crippen LogP contribution in [0.4, 0.5) is 9.52 Å². The molecule has 0 radical (unpaired) electrons. The Kier molecular flexibility index (Phi) is 5.67. The van der Waals surface area contributed by atoms with Gasteiger partial charge in [-0.2, -0.15) is 0 Å². The second kappa shape index (κ2) is 7.98. The van der Waals surface area contributed by atoms with Crippen molar-refractivity contribution < 1.29 is 17.6 Å². The first kappa shape index (κ1) is 19.2. The van der Waals surface area contributed by atoms with Gasteiger partial charge >= 0.3 is 0 Å². The molecule has 2 aromatic carbocycles. The molecule has 1 heterocycles. The average Bonchev–Trinajstić information content (AvgIpc) is 3.11. The fourth-order valence-corrected chi connectivity index (χ4v) is 4.03. The van der Waals surface area contributed by atoms with E-state index in [1.807, 2.05) is 0 Å². The van der Waals surface area contributed by atoms with Crippen LogP contribution in [-0.2, 0) is 21.1 Å². The predicted molar refractivity (Wildman–Crippen MR) is 104 cm³/mol. The van der Waals surface area contributed by atoms with E-state index in [0.29, 0.717) is 16.4 Å². The quantitative estimate of drug-likeness (QED) is 0.676. The molecule has 0 spiro atoms. The molecule has 1 amide bonds. The summed E-state index contributed by atoms with van der Waals surface area (Å²) in [5.41, 5.74) is 2.13. The van der Waals surface area contributed by atoms with Crippen LogP contribution < -0.4 is 5.32 Å². The first-order chi connectivity index (χ1) is 12.9. The Balaban J connectivity index is 1.64. The summed E-state index contributed by atoms with van der Waals surface area (Å²) in [4.78, 5) is 16.8. The number of halogens is 1. The van der Waals surface area contributed by atoms with E-state index in [1.54, 1.807) is 36.6 Å². The number of thiazole rings is 1. The van der Waals surface area contributed by atoms with Gasteiger partial charge in [-0.1, -0.05) is 19.1 Å². The number of anilines is 1. The molecule has 3 rings (SSSR count). The summed E-state index contributed by atoms with van der Waals surface area (Å²) in [6.45, 7) is 1.59. The van der Waals surface area contributed by atoms with Gasteiger partial charge in [0.15, 0.2) is 15.0 Å². The number of nitrogens with zero attached hydrogens (tertiary/aromatic N) is 1. The van der Waals surface area contributed by atoms with Gasteiger partial charge in [0, 0.05) is 10.9 Å². The number of hydrogen-bond donors (Lipinski definition) is 1. The van der Waals surface area contributed by atoms with Crippen LogP contribution >= 0.6 is 11.3 Å². The number of benzene rings is 2. The summed E-state index contributed by atoms with van der Waals surface area (Å²) in [5, 5.41) is 4.96. The summed E-state index contributed by atoms with van der Waals surface area (Å²) < 4.78 is 36.6. The van der Waals surface area contributed by atoms with Crippen molar-refractivity contribution in [2.45, 2.75) is 18.2 Å². The molecule has 3 aromatic rings. The standard InChI is InChI=1S/C19H17FN2O3S2/c1-2-27(24,25)16-9-3-13(4-10-16)11-18(23)22-19-21-17(12-26-19)14-5-7-15(20)8-6-14/h3-10,12H,2,11H2,1H3,(H,21,22,23). The molecule has 5 nitrogen and oxygen atoms in total. The van der Waals surface area contributed by atoms with Crippen LogP contribution in [0.15, 0.2) is 58.8 Å². The third-order valence-electron chi connectivity index (χ3n) is 3.92. The Morgan fingerprint density at radius 2 is 1.78 bits per heavy atom. The van der Waals surface area contributed by atoms with Gasteiger partial charge in [0.25, 0.3) is 0 Å². The normalized spacial score (nSPS) is 11.3. The fourth-order valence-electron chi connectivity index (χ4n) is 2.41. The lowest BCUT2D eigenvalue weighted by Crippen LogP contribution is -2.14. The van der Waals surface area contributed by atoms with Crippen LogP contribution in [0.2, 0.25) is 0 Å². The third-order valence-corrected chi connectivity index (χ3v) is 6.43. The van der Waals surface area contributed by atoms with E-state index in [9.17, 15) is 17.6 Å². The maximum absolute atomic E-state index is 13.0. The molecule has 8 heteroatoms. The van der Waals surface area contributed by atoms with Gasteiger partial charge in [0.2, 0.25) is 5.91 Å². The van der Waals surface area contributed by atoms with Gasteiger partial charge in [-0.15, -0.1) is 11.3 Å². The molecule has 0 aliphatic heterocycles. The number of amides is 1. The van der Waals surface area contributed by atoms with Crippen LogP contribution in [0.25, 0.3) is 11.3 Å². The number of carbonyl (C=O) groups is 1. The molecular formula is C19H17FN2O3S2. The lowest BCUT2D eigenvalue weighted by atomic mass is 10.1. The first-order valence-corrected chi connectivity index (χ1v) is 10.7. The van der Waals surface area contributed by atoms with Gasteiger partial charge in [-0.25, -0.2) is 17.8 Å². The highest BCUT2D eigenvalue weighted by atomic mass is 32.2. The molecule has 27 heavy (non-hydrogen) atoms. The zero-order valence-corrected chi connectivity index (χ0v) is 16.1. The zero-order valence-electron chi connectivity index (χ0n) is 14.5. The van der Waals surface area contributed by atoms with Crippen molar-refractivity contribution in [2.75, 3.05) is 11.1 Å². The van der Waals surface area contributed by atoms with Crippen molar-refractivity contribution in [1.82, 2.24) is 4.98 Å². The Morgan fingerprint density at radius 1 is 1.11 bits per heavy atom. The van der Waals surface area contributed by atoms with Crippen molar-refractivity contribution in [2.24, 2.45) is 0 Å². The molecule has 140 valence electrons. The number of carbonyl (C=O) groups excluding carboxylic acids is 1. The predicted octanol–water partition coefficient (Wildman–Crippen LogP) is 3.92. The van der Waals surface area contributed by atoms with E-state index < -0.39 is 9.84 Å². The monoisotopic (exact) mass is 404 g/mol. The van der Waals surface area contributed by atoms with E-state index in [1.165, 1.54) is 35.6 Å². The first-order valence-electron chi connectivity index (χ1n) is 8.20. The van der Waals surface area contributed by atoms with Crippen LogP contribution in [0.5, 0.6) is 0 Å². The number of sulfone groups is 1. The largest absolute Gasteiger partial charge is 0.302 e. The topological polar surface area (TPSA) is 76.1 Å². The molecule has 1 N–H and O–H groups in total. The van der Waals surface area contributed by atoms with Crippen molar-refractivity contribution >= 4 is 32.2 Å². The van der Waals surface area contributed by atoms with Crippen LogP contribution in [0.1, 0.15) is 12.5 Å². The molecule has 0 unspecified atom stereocenters. The lowest BCUT2D eigenvalue weighted by Gasteiger charge is -2.04. The second-order valence-corrected chi connectivity index (χ2v) is 8.95. The maximum atomic E-state index is 13.0. The highest BCUT2D eigenvalue weighted by molar-refractivity contribution is 7.91. The highest BCUT2D eigenvalue weighted by Gasteiger charge is 2.12. The number of nitrogens with one attached hydrogen (secondary N) is 1. The van der Waals surface area contributed by atoms with Gasteiger partial charge < -0.3 is 5.32 Å². The number of rotatable bonds is 6. The summed E-state index contributed by atoms with van der Waals surface area (Å²) in [6.07, 6.45) is 0.109. The Morgan fingerprint density at radius 3 is 2.41 bits per heavy atom. The fraction of sp³-hybridized carbons (Fsp3) is 0.158. The minimum Gasteiger partial charge on any atom is -0.302 e. The van der Waals surface area contributed by atoms with Crippen molar-refractivity contribution in [3.05, 3.63) is 65.3 Å². The molecular weight excluding hydrogens is 387 g/mol. The summed E-state index contributed by atoms with van der Waals surface area (Å²) in [6, 6.07) is 12.3. The third kappa shape index (κ3) is 4.78. The molecule has 1 aromatic heterocycles. The lowest BCUT2D eigenvalue weighted by molar-refractivity contribution is -0.115. The van der Waals surface area contributed by atoms with Crippen molar-refractivity contribution in [3.63, 3.8) is 0 Å². The average molecular weight is 404 g/mol. The van der Waals surface area contributed by atoms with Gasteiger partial charge in [0.05, 0.1) is 22.8 Å². The molecule has 0 bridgehead atoms. The van der Waals surface area contributed by atoms with Crippen LogP contribution in [0, 0.1) is 5.82 Å². The molecule has 0 atom stereocenters. The maximum Gasteiger partial charge on any atom is 0.230 e. The molecule has 0 saturated carbocycles. The minimum atomic E-state index is -3.25. The van der Waals surface area contributed by atoms with E-state index >= 15 is 0 Å². The van der Waals surface area contributed by atoms with E-state index in [2.05, 4.69) is 10.3 Å². The van der Waals surface area contributed by atoms with Crippen molar-refractivity contribution in [3.8, 4) is 11.3 Å². The molecule has 0 saturated heterocycles. The SMILES string of the molecule is CCS(=O)(=O)c1ccc(CC(=O)Nc2nc(-c3ccc(F)cc3)cs2)cc1. The molecule has 0 fully saturated rings. The van der Waals surface area contributed by atoms with E-state index in [0.717, 1.165) is 5.56 Å². The van der Waals surface area contributed by atoms with Gasteiger partial charge in [0.1, 0.15) is 5.82 Å². The summed E-state index contributed by atoms with van der Waals surface area (Å²) in [5.74, 6) is -0.533. The number of aromatic nitrogens is 1. The highest BCUT2D eigenvalue weighted by Crippen LogP contribution is 2.25. The van der Waals surface area contributed by atoms with Gasteiger partial charge in [-0.05, 0) is 42.0 Å². The number of hydrogen-bond acceptors (Lipinski definition) is 5. The van der Waals surface area contributed by atoms with Crippen LogP contribution in [-0.4, -0.2) is 25.1 Å². The zero-order chi connectivity index (χ0) is 19.4. The molecule has 0 aliphatic rings. The van der Waals surface area contributed by atoms with Crippen molar-refractivity contribution in [1.29, 1.82) is 0 Å². The smallest absolute Gasteiger partial charge is 0.230 e. The Labute approximate surface area is 160 Å². The minimum absolute atomic E-state index is 0.0350. The Hall–Kier alpha value is -2.58. The van der Waals surface area contributed by atoms with Gasteiger partial charge in [-0.3, -0.25) is 4.79 Å². The second-order valence-electron chi connectivity index (χ2n) is 5.82. The summed E-state index contributed by atoms with van der Waals surface area (Å²) >= 11 is 1.28. The molecule has 0 aliphatic carbocycles.